The molecule has 2 rings (SSSR count). The molecule has 0 spiro atoms. The van der Waals surface area contributed by atoms with Crippen molar-refractivity contribution >= 4 is 23.0 Å². The van der Waals surface area contributed by atoms with Crippen LogP contribution in [0.2, 0.25) is 0 Å². The van der Waals surface area contributed by atoms with Crippen LogP contribution in [-0.4, -0.2) is 11.7 Å². The van der Waals surface area contributed by atoms with Crippen LogP contribution in [0.1, 0.15) is 17.7 Å². The monoisotopic (exact) mass is 274 g/mol. The average molecular weight is 274 g/mol. The van der Waals surface area contributed by atoms with Crippen molar-refractivity contribution in [2.24, 2.45) is 0 Å². The topological polar surface area (TPSA) is 37.2 Å². The zero-order valence-electron chi connectivity index (χ0n) is 11.0. The van der Waals surface area contributed by atoms with E-state index >= 15 is 0 Å². The van der Waals surface area contributed by atoms with E-state index in [1.165, 1.54) is 5.56 Å². The van der Waals surface area contributed by atoms with Gasteiger partial charge in [0.2, 0.25) is 0 Å². The largest absolute Gasteiger partial charge is 0.469 e. The molecule has 0 aliphatic heterocycles. The van der Waals surface area contributed by atoms with Gasteiger partial charge >= 0.3 is 0 Å². The van der Waals surface area contributed by atoms with E-state index in [1.54, 1.807) is 6.26 Å². The van der Waals surface area contributed by atoms with Crippen LogP contribution in [0.3, 0.4) is 0 Å². The van der Waals surface area contributed by atoms with Gasteiger partial charge in [0.1, 0.15) is 5.76 Å². The number of aryl methyl sites for hydroxylation is 2. The highest BCUT2D eigenvalue weighted by molar-refractivity contribution is 7.80. The highest BCUT2D eigenvalue weighted by Gasteiger charge is 1.98. The molecule has 0 saturated carbocycles. The van der Waals surface area contributed by atoms with E-state index < -0.39 is 0 Å². The lowest BCUT2D eigenvalue weighted by Gasteiger charge is -2.10. The summed E-state index contributed by atoms with van der Waals surface area (Å²) in [7, 11) is 0. The average Bonchev–Trinajstić information content (AvgIpc) is 2.91. The van der Waals surface area contributed by atoms with Crippen molar-refractivity contribution in [3.8, 4) is 0 Å². The molecule has 0 aliphatic rings. The number of nitrogens with one attached hydrogen (secondary N) is 2. The second kappa shape index (κ2) is 6.95. The molecule has 1 heterocycles. The Bertz CT molecular complexity index is 505. The van der Waals surface area contributed by atoms with E-state index in [0.29, 0.717) is 5.11 Å². The van der Waals surface area contributed by atoms with E-state index in [4.69, 9.17) is 16.6 Å². The standard InChI is InChI=1S/C15H18N2OS/c1-12-6-8-13(9-7-12)17-15(19)16-10-2-4-14-5-3-11-18-14/h3,5-9,11H,2,4,10H2,1H3,(H2,16,17,19). The van der Waals surface area contributed by atoms with Crippen LogP contribution in [0.15, 0.2) is 47.1 Å². The molecule has 100 valence electrons. The number of hydrogen-bond acceptors (Lipinski definition) is 2. The fourth-order valence-electron chi connectivity index (χ4n) is 1.73. The number of anilines is 1. The first-order valence-electron chi connectivity index (χ1n) is 6.38. The van der Waals surface area contributed by atoms with Gasteiger partial charge in [0.15, 0.2) is 5.11 Å². The van der Waals surface area contributed by atoms with Crippen molar-refractivity contribution < 1.29 is 4.42 Å². The van der Waals surface area contributed by atoms with Gasteiger partial charge in [-0.2, -0.15) is 0 Å². The predicted octanol–water partition coefficient (Wildman–Crippen LogP) is 3.51. The Kier molecular flexibility index (Phi) is 4.98. The van der Waals surface area contributed by atoms with Crippen LogP contribution >= 0.6 is 12.2 Å². The third kappa shape index (κ3) is 4.75. The lowest BCUT2D eigenvalue weighted by Crippen LogP contribution is -2.29. The molecule has 0 unspecified atom stereocenters. The van der Waals surface area contributed by atoms with Crippen molar-refractivity contribution in [1.29, 1.82) is 0 Å². The van der Waals surface area contributed by atoms with Gasteiger partial charge < -0.3 is 15.1 Å². The van der Waals surface area contributed by atoms with E-state index in [-0.39, 0.29) is 0 Å². The summed E-state index contributed by atoms with van der Waals surface area (Å²) in [5.74, 6) is 1.01. The smallest absolute Gasteiger partial charge is 0.170 e. The number of furan rings is 1. The van der Waals surface area contributed by atoms with Crippen LogP contribution in [0, 0.1) is 6.92 Å². The van der Waals surface area contributed by atoms with Gasteiger partial charge in [-0.15, -0.1) is 0 Å². The molecule has 0 aliphatic carbocycles. The predicted molar refractivity (Wildman–Crippen MR) is 82.4 cm³/mol. The first-order chi connectivity index (χ1) is 9.24. The lowest BCUT2D eigenvalue weighted by atomic mass is 10.2. The number of hydrogen-bond donors (Lipinski definition) is 2. The van der Waals surface area contributed by atoms with Crippen molar-refractivity contribution in [1.82, 2.24) is 5.32 Å². The summed E-state index contributed by atoms with van der Waals surface area (Å²) < 4.78 is 5.27. The summed E-state index contributed by atoms with van der Waals surface area (Å²) in [6, 6.07) is 12.1. The third-order valence-electron chi connectivity index (χ3n) is 2.78. The Labute approximate surface area is 119 Å². The molecule has 0 amide bonds. The van der Waals surface area contributed by atoms with Gasteiger partial charge in [-0.3, -0.25) is 0 Å². The maximum absolute atomic E-state index is 5.27. The molecule has 0 atom stereocenters. The summed E-state index contributed by atoms with van der Waals surface area (Å²) in [6.07, 6.45) is 3.61. The number of benzene rings is 1. The lowest BCUT2D eigenvalue weighted by molar-refractivity contribution is 0.501. The van der Waals surface area contributed by atoms with Gasteiger partial charge in [-0.25, -0.2) is 0 Å². The van der Waals surface area contributed by atoms with Crippen LogP contribution in [0.5, 0.6) is 0 Å². The molecule has 1 aromatic carbocycles. The van der Waals surface area contributed by atoms with Gasteiger partial charge in [-0.05, 0) is 49.8 Å². The summed E-state index contributed by atoms with van der Waals surface area (Å²) in [5, 5.41) is 7.00. The molecular formula is C15H18N2OS. The highest BCUT2D eigenvalue weighted by Crippen LogP contribution is 2.08. The second-order valence-electron chi connectivity index (χ2n) is 4.43. The van der Waals surface area contributed by atoms with E-state index in [2.05, 4.69) is 29.7 Å². The molecular weight excluding hydrogens is 256 g/mol. The maximum Gasteiger partial charge on any atom is 0.170 e. The van der Waals surface area contributed by atoms with Gasteiger partial charge in [-0.1, -0.05) is 17.7 Å². The van der Waals surface area contributed by atoms with Crippen LogP contribution in [0.4, 0.5) is 5.69 Å². The van der Waals surface area contributed by atoms with E-state index in [1.807, 2.05) is 24.3 Å². The van der Waals surface area contributed by atoms with Gasteiger partial charge in [0.05, 0.1) is 6.26 Å². The van der Waals surface area contributed by atoms with Crippen molar-refractivity contribution in [2.75, 3.05) is 11.9 Å². The SMILES string of the molecule is Cc1ccc(NC(=S)NCCCc2ccco2)cc1. The Morgan fingerprint density at radius 2 is 2.00 bits per heavy atom. The van der Waals surface area contributed by atoms with E-state index in [9.17, 15) is 0 Å². The second-order valence-corrected chi connectivity index (χ2v) is 4.84. The van der Waals surface area contributed by atoms with Gasteiger partial charge in [0.25, 0.3) is 0 Å². The Balaban J connectivity index is 1.65. The summed E-state index contributed by atoms with van der Waals surface area (Å²) in [4.78, 5) is 0. The molecule has 4 heteroatoms. The van der Waals surface area contributed by atoms with E-state index in [0.717, 1.165) is 30.8 Å². The molecule has 0 radical (unpaired) electrons. The molecule has 2 aromatic rings. The zero-order valence-corrected chi connectivity index (χ0v) is 11.8. The minimum Gasteiger partial charge on any atom is -0.469 e. The van der Waals surface area contributed by atoms with Crippen LogP contribution in [-0.2, 0) is 6.42 Å². The highest BCUT2D eigenvalue weighted by atomic mass is 32.1. The minimum atomic E-state index is 0.656. The molecule has 19 heavy (non-hydrogen) atoms. The molecule has 0 fully saturated rings. The zero-order chi connectivity index (χ0) is 13.5. The summed E-state index contributed by atoms with van der Waals surface area (Å²) >= 11 is 5.24. The number of thiocarbonyl (C=S) groups is 1. The quantitative estimate of drug-likeness (QED) is 0.646. The van der Waals surface area contributed by atoms with Crippen LogP contribution in [0.25, 0.3) is 0 Å². The minimum absolute atomic E-state index is 0.656. The van der Waals surface area contributed by atoms with Crippen molar-refractivity contribution in [2.45, 2.75) is 19.8 Å². The summed E-state index contributed by atoms with van der Waals surface area (Å²) in [5.41, 5.74) is 2.25. The first-order valence-corrected chi connectivity index (χ1v) is 6.79. The number of rotatable bonds is 5. The molecule has 0 bridgehead atoms. The Morgan fingerprint density at radius 1 is 1.21 bits per heavy atom. The first kappa shape index (κ1) is 13.6. The Morgan fingerprint density at radius 3 is 2.68 bits per heavy atom. The molecule has 1 aromatic heterocycles. The normalized spacial score (nSPS) is 10.2. The van der Waals surface area contributed by atoms with Gasteiger partial charge in [0, 0.05) is 18.7 Å². The van der Waals surface area contributed by atoms with Crippen molar-refractivity contribution in [3.63, 3.8) is 0 Å². The Hall–Kier alpha value is -1.81. The third-order valence-corrected chi connectivity index (χ3v) is 3.02. The molecule has 3 nitrogen and oxygen atoms in total. The summed E-state index contributed by atoms with van der Waals surface area (Å²) in [6.45, 7) is 2.90. The van der Waals surface area contributed by atoms with Crippen molar-refractivity contribution in [3.05, 3.63) is 54.0 Å². The molecule has 0 saturated heterocycles. The van der Waals surface area contributed by atoms with Crippen LogP contribution < -0.4 is 10.6 Å². The fourth-order valence-corrected chi connectivity index (χ4v) is 1.95. The maximum atomic E-state index is 5.27. The molecule has 2 N–H and O–H groups in total. The fraction of sp³-hybridized carbons (Fsp3) is 0.267.